The van der Waals surface area contributed by atoms with Crippen LogP contribution in [-0.4, -0.2) is 33.4 Å². The number of thiophene rings is 1. The van der Waals surface area contributed by atoms with Crippen molar-refractivity contribution in [2.24, 2.45) is 0 Å². The van der Waals surface area contributed by atoms with E-state index in [4.69, 9.17) is 0 Å². The Morgan fingerprint density at radius 2 is 2.00 bits per heavy atom. The molecule has 0 unspecified atom stereocenters. The van der Waals surface area contributed by atoms with Crippen LogP contribution >= 0.6 is 11.3 Å². The lowest BCUT2D eigenvalue weighted by atomic mass is 10.1. The van der Waals surface area contributed by atoms with Crippen molar-refractivity contribution in [2.45, 2.75) is 26.3 Å². The van der Waals surface area contributed by atoms with Crippen molar-refractivity contribution in [3.8, 4) is 10.4 Å². The monoisotopic (exact) mass is 433 g/mol. The molecule has 0 saturated carbocycles. The van der Waals surface area contributed by atoms with Crippen molar-refractivity contribution >= 4 is 33.1 Å². The molecule has 0 aliphatic carbocycles. The lowest BCUT2D eigenvalue weighted by molar-refractivity contribution is 0.0954. The van der Waals surface area contributed by atoms with Crippen molar-refractivity contribution < 1.29 is 4.79 Å². The number of fused-ring (bicyclic) bond motifs is 1. The zero-order valence-electron chi connectivity index (χ0n) is 17.3. The largest absolute Gasteiger partial charge is 0.382 e. The highest BCUT2D eigenvalue weighted by Gasteiger charge is 2.18. The molecule has 4 aromatic heterocycles. The van der Waals surface area contributed by atoms with Gasteiger partial charge in [0.05, 0.1) is 11.3 Å². The second-order valence-electron chi connectivity index (χ2n) is 7.48. The maximum absolute atomic E-state index is 13.0. The maximum Gasteiger partial charge on any atom is 0.254 e. The fourth-order valence-corrected chi connectivity index (χ4v) is 4.28. The van der Waals surface area contributed by atoms with E-state index in [9.17, 15) is 9.59 Å². The van der Waals surface area contributed by atoms with Gasteiger partial charge in [0.25, 0.3) is 5.91 Å². The number of pyridine rings is 3. The highest BCUT2D eigenvalue weighted by Crippen LogP contribution is 2.37. The highest BCUT2D eigenvalue weighted by molar-refractivity contribution is 7.21. The van der Waals surface area contributed by atoms with E-state index in [0.29, 0.717) is 12.1 Å². The number of aromatic amines is 1. The van der Waals surface area contributed by atoms with Crippen LogP contribution in [0.3, 0.4) is 0 Å². The third-order valence-electron chi connectivity index (χ3n) is 4.76. The second kappa shape index (κ2) is 9.09. The SMILES string of the molecule is CC(C)Nc1c(C(=O)NCCc2ccncc2)cnc2sc(-c3ccc(=O)[nH]c3)cc12. The Hall–Kier alpha value is -3.52. The summed E-state index contributed by atoms with van der Waals surface area (Å²) in [6, 6.07) is 9.32. The van der Waals surface area contributed by atoms with Gasteiger partial charge in [-0.2, -0.15) is 0 Å². The minimum absolute atomic E-state index is 0.143. The zero-order valence-corrected chi connectivity index (χ0v) is 18.1. The van der Waals surface area contributed by atoms with Crippen molar-refractivity contribution in [3.05, 3.63) is 76.6 Å². The summed E-state index contributed by atoms with van der Waals surface area (Å²) in [5.74, 6) is -0.164. The molecule has 8 heteroatoms. The first-order valence-corrected chi connectivity index (χ1v) is 10.9. The Morgan fingerprint density at radius 3 is 2.71 bits per heavy atom. The molecule has 4 aromatic rings. The quantitative estimate of drug-likeness (QED) is 0.411. The van der Waals surface area contributed by atoms with E-state index in [1.165, 1.54) is 17.4 Å². The van der Waals surface area contributed by atoms with Crippen LogP contribution in [0.2, 0.25) is 0 Å². The van der Waals surface area contributed by atoms with Crippen LogP contribution in [0.1, 0.15) is 29.8 Å². The molecule has 0 spiro atoms. The summed E-state index contributed by atoms with van der Waals surface area (Å²) in [7, 11) is 0. The van der Waals surface area contributed by atoms with Gasteiger partial charge in [0, 0.05) is 59.3 Å². The van der Waals surface area contributed by atoms with Crippen LogP contribution in [-0.2, 0) is 6.42 Å². The third-order valence-corrected chi connectivity index (χ3v) is 5.85. The first-order chi connectivity index (χ1) is 15.0. The predicted molar refractivity (Wildman–Crippen MR) is 125 cm³/mol. The van der Waals surface area contributed by atoms with E-state index in [2.05, 4.69) is 25.6 Å². The lowest BCUT2D eigenvalue weighted by Crippen LogP contribution is -2.27. The van der Waals surface area contributed by atoms with Gasteiger partial charge in [0.15, 0.2) is 0 Å². The minimum atomic E-state index is -0.164. The zero-order chi connectivity index (χ0) is 21.8. The van der Waals surface area contributed by atoms with Crippen molar-refractivity contribution in [1.29, 1.82) is 0 Å². The molecule has 3 N–H and O–H groups in total. The number of nitrogens with zero attached hydrogens (tertiary/aromatic N) is 2. The molecular weight excluding hydrogens is 410 g/mol. The number of carbonyl (C=O) groups excluding carboxylic acids is 1. The molecule has 0 saturated heterocycles. The van der Waals surface area contributed by atoms with Crippen LogP contribution in [0.4, 0.5) is 5.69 Å². The van der Waals surface area contributed by atoms with Gasteiger partial charge in [-0.05, 0) is 50.1 Å². The number of anilines is 1. The Bertz CT molecular complexity index is 1240. The molecule has 0 fully saturated rings. The van der Waals surface area contributed by atoms with Gasteiger partial charge in [-0.15, -0.1) is 11.3 Å². The minimum Gasteiger partial charge on any atom is -0.382 e. The van der Waals surface area contributed by atoms with Crippen LogP contribution in [0.15, 0.2) is 59.9 Å². The van der Waals surface area contributed by atoms with Gasteiger partial charge in [0.1, 0.15) is 4.83 Å². The second-order valence-corrected chi connectivity index (χ2v) is 8.51. The fourth-order valence-electron chi connectivity index (χ4n) is 3.28. The van der Waals surface area contributed by atoms with Gasteiger partial charge in [-0.1, -0.05) is 0 Å². The van der Waals surface area contributed by atoms with Gasteiger partial charge in [-0.25, -0.2) is 4.98 Å². The van der Waals surface area contributed by atoms with E-state index >= 15 is 0 Å². The number of amides is 1. The molecule has 4 heterocycles. The summed E-state index contributed by atoms with van der Waals surface area (Å²) < 4.78 is 0. The molecule has 7 nitrogen and oxygen atoms in total. The molecule has 31 heavy (non-hydrogen) atoms. The molecule has 0 aliphatic heterocycles. The average Bonchev–Trinajstić information content (AvgIpc) is 3.19. The average molecular weight is 434 g/mol. The Balaban J connectivity index is 1.63. The van der Waals surface area contributed by atoms with Crippen LogP contribution in [0.25, 0.3) is 20.7 Å². The summed E-state index contributed by atoms with van der Waals surface area (Å²) in [5.41, 5.74) is 3.17. The third kappa shape index (κ3) is 4.80. The molecule has 158 valence electrons. The highest BCUT2D eigenvalue weighted by atomic mass is 32.1. The molecule has 4 rings (SSSR count). The van der Waals surface area contributed by atoms with E-state index in [1.807, 2.05) is 32.0 Å². The molecule has 0 aromatic carbocycles. The first-order valence-electron chi connectivity index (χ1n) is 10.1. The topological polar surface area (TPSA) is 99.8 Å². The summed E-state index contributed by atoms with van der Waals surface area (Å²) in [6.45, 7) is 4.59. The van der Waals surface area contributed by atoms with E-state index < -0.39 is 0 Å². The van der Waals surface area contributed by atoms with Crippen molar-refractivity contribution in [1.82, 2.24) is 20.3 Å². The number of nitrogens with one attached hydrogen (secondary N) is 3. The molecule has 1 amide bonds. The Labute approximate surface area is 183 Å². The number of hydrogen-bond acceptors (Lipinski definition) is 6. The number of hydrogen-bond donors (Lipinski definition) is 3. The summed E-state index contributed by atoms with van der Waals surface area (Å²) in [4.78, 5) is 37.4. The Morgan fingerprint density at radius 1 is 1.19 bits per heavy atom. The molecule has 0 bridgehead atoms. The predicted octanol–water partition coefficient (Wildman–Crippen LogP) is 3.84. The normalized spacial score (nSPS) is 11.1. The molecule has 0 radical (unpaired) electrons. The van der Waals surface area contributed by atoms with Gasteiger partial charge in [-0.3, -0.25) is 14.6 Å². The van der Waals surface area contributed by atoms with Gasteiger partial charge in [0.2, 0.25) is 5.56 Å². The van der Waals surface area contributed by atoms with Crippen LogP contribution in [0.5, 0.6) is 0 Å². The summed E-state index contributed by atoms with van der Waals surface area (Å²) in [6.07, 6.45) is 7.54. The number of H-pyrrole nitrogens is 1. The standard InChI is InChI=1S/C23H23N5O2S/c1-14(2)28-21-17-11-19(16-3-4-20(29)26-12-16)31-23(17)27-13-18(21)22(30)25-10-7-15-5-8-24-9-6-15/h3-6,8-9,11-14H,7,10H2,1-2H3,(H,25,30)(H,26,29)(H,27,28). The van der Waals surface area contributed by atoms with Crippen molar-refractivity contribution in [2.75, 3.05) is 11.9 Å². The van der Waals surface area contributed by atoms with Gasteiger partial charge < -0.3 is 15.6 Å². The summed E-state index contributed by atoms with van der Waals surface area (Å²) >= 11 is 1.52. The fraction of sp³-hybridized carbons (Fsp3) is 0.217. The smallest absolute Gasteiger partial charge is 0.254 e. The van der Waals surface area contributed by atoms with Crippen molar-refractivity contribution in [3.63, 3.8) is 0 Å². The molecular formula is C23H23N5O2S. The van der Waals surface area contributed by atoms with Gasteiger partial charge >= 0.3 is 0 Å². The first kappa shape index (κ1) is 20.7. The van der Waals surface area contributed by atoms with Crippen LogP contribution < -0.4 is 16.2 Å². The summed E-state index contributed by atoms with van der Waals surface area (Å²) in [5, 5.41) is 7.30. The molecule has 0 atom stereocenters. The number of aromatic nitrogens is 3. The van der Waals surface area contributed by atoms with E-state index in [-0.39, 0.29) is 17.5 Å². The van der Waals surface area contributed by atoms with Crippen LogP contribution in [0, 0.1) is 0 Å². The Kier molecular flexibility index (Phi) is 6.08. The van der Waals surface area contributed by atoms with E-state index in [0.717, 1.165) is 38.3 Å². The number of rotatable bonds is 7. The maximum atomic E-state index is 13.0. The van der Waals surface area contributed by atoms with E-state index in [1.54, 1.807) is 30.9 Å². The lowest BCUT2D eigenvalue weighted by Gasteiger charge is -2.15. The molecule has 0 aliphatic rings. The number of carbonyl (C=O) groups is 1.